The van der Waals surface area contributed by atoms with E-state index in [1.165, 1.54) is 4.57 Å². The molecule has 0 saturated heterocycles. The maximum absolute atomic E-state index is 12.0. The molecule has 2 N–H and O–H groups in total. The van der Waals surface area contributed by atoms with Gasteiger partial charge in [-0.15, -0.1) is 0 Å². The molecule has 5 nitrogen and oxygen atoms in total. The number of rotatable bonds is 4. The topological polar surface area (TPSA) is 71.3 Å². The quantitative estimate of drug-likeness (QED) is 0.889. The molecule has 22 heavy (non-hydrogen) atoms. The lowest BCUT2D eigenvalue weighted by molar-refractivity contribution is -0.123. The van der Waals surface area contributed by atoms with Crippen molar-refractivity contribution in [1.82, 2.24) is 9.88 Å². The Morgan fingerprint density at radius 2 is 2.23 bits per heavy atom. The molecule has 0 radical (unpaired) electrons. The maximum atomic E-state index is 12.0. The van der Waals surface area contributed by atoms with E-state index in [2.05, 4.69) is 5.32 Å². The van der Waals surface area contributed by atoms with Gasteiger partial charge in [0.05, 0.1) is 6.54 Å². The highest BCUT2D eigenvalue weighted by Crippen LogP contribution is 2.36. The molecule has 1 aromatic heterocycles. The Labute approximate surface area is 132 Å². The fourth-order valence-corrected chi connectivity index (χ4v) is 3.63. The molecule has 1 aliphatic carbocycles. The molecule has 0 aliphatic heterocycles. The van der Waals surface area contributed by atoms with E-state index >= 15 is 0 Å². The van der Waals surface area contributed by atoms with Crippen molar-refractivity contribution in [3.05, 3.63) is 56.1 Å². The zero-order valence-electron chi connectivity index (χ0n) is 12.3. The minimum Gasteiger partial charge on any atom is -0.383 e. The van der Waals surface area contributed by atoms with Gasteiger partial charge in [0.1, 0.15) is 12.1 Å². The summed E-state index contributed by atoms with van der Waals surface area (Å²) in [5, 5.41) is 15.2. The maximum Gasteiger partial charge on any atom is 0.307 e. The first kappa shape index (κ1) is 15.0. The number of aryl methyl sites for hydroxylation is 2. The number of thiazole rings is 1. The Hall–Kier alpha value is -1.92. The first-order chi connectivity index (χ1) is 10.5. The highest BCUT2D eigenvalue weighted by molar-refractivity contribution is 7.07. The van der Waals surface area contributed by atoms with E-state index in [-0.39, 0.29) is 23.9 Å². The summed E-state index contributed by atoms with van der Waals surface area (Å²) in [5.74, 6) is -0.263. The van der Waals surface area contributed by atoms with Gasteiger partial charge < -0.3 is 10.4 Å². The van der Waals surface area contributed by atoms with Crippen molar-refractivity contribution in [2.75, 3.05) is 6.54 Å². The summed E-state index contributed by atoms with van der Waals surface area (Å²) < 4.78 is 1.44. The van der Waals surface area contributed by atoms with Gasteiger partial charge in [0.15, 0.2) is 0 Å². The van der Waals surface area contributed by atoms with E-state index in [0.29, 0.717) is 6.42 Å². The molecule has 116 valence electrons. The highest BCUT2D eigenvalue weighted by Gasteiger charge is 2.36. The van der Waals surface area contributed by atoms with Gasteiger partial charge >= 0.3 is 4.87 Å². The van der Waals surface area contributed by atoms with Crippen LogP contribution in [0.5, 0.6) is 0 Å². The summed E-state index contributed by atoms with van der Waals surface area (Å²) in [7, 11) is 0. The number of nitrogens with zero attached hydrogens (tertiary/aromatic N) is 1. The second-order valence-corrected chi connectivity index (χ2v) is 6.52. The SMILES string of the molecule is Cc1csc(=O)n1CC(=O)NCC1(O)CCc2ccccc21. The van der Waals surface area contributed by atoms with Crippen LogP contribution in [0.25, 0.3) is 0 Å². The molecule has 0 bridgehead atoms. The van der Waals surface area contributed by atoms with Crippen LogP contribution < -0.4 is 10.2 Å². The van der Waals surface area contributed by atoms with Crippen LogP contribution in [-0.2, 0) is 23.4 Å². The van der Waals surface area contributed by atoms with Crippen LogP contribution in [0.2, 0.25) is 0 Å². The van der Waals surface area contributed by atoms with Crippen LogP contribution in [0.4, 0.5) is 0 Å². The molecule has 0 saturated carbocycles. The highest BCUT2D eigenvalue weighted by atomic mass is 32.1. The minimum atomic E-state index is -1.01. The van der Waals surface area contributed by atoms with Gasteiger partial charge in [-0.1, -0.05) is 35.6 Å². The van der Waals surface area contributed by atoms with E-state index < -0.39 is 5.60 Å². The van der Waals surface area contributed by atoms with Crippen molar-refractivity contribution < 1.29 is 9.90 Å². The summed E-state index contributed by atoms with van der Waals surface area (Å²) >= 11 is 1.08. The average Bonchev–Trinajstić information content (AvgIpc) is 3.01. The Bertz CT molecular complexity index is 765. The van der Waals surface area contributed by atoms with E-state index in [9.17, 15) is 14.7 Å². The molecule has 1 aromatic carbocycles. The van der Waals surface area contributed by atoms with Crippen LogP contribution >= 0.6 is 11.3 Å². The smallest absolute Gasteiger partial charge is 0.307 e. The zero-order valence-corrected chi connectivity index (χ0v) is 13.2. The number of aromatic nitrogens is 1. The molecule has 0 spiro atoms. The molecular formula is C16H18N2O3S. The van der Waals surface area contributed by atoms with Crippen molar-refractivity contribution in [2.24, 2.45) is 0 Å². The molecule has 3 rings (SSSR count). The average molecular weight is 318 g/mol. The molecule has 1 heterocycles. The van der Waals surface area contributed by atoms with E-state index in [1.807, 2.05) is 24.3 Å². The summed E-state index contributed by atoms with van der Waals surface area (Å²) in [6.45, 7) is 1.96. The Kier molecular flexibility index (Phi) is 3.88. The Balaban J connectivity index is 1.66. The number of hydrogen-bond donors (Lipinski definition) is 2. The second-order valence-electron chi connectivity index (χ2n) is 5.69. The predicted octanol–water partition coefficient (Wildman–Crippen LogP) is 1.17. The van der Waals surface area contributed by atoms with E-state index in [1.54, 1.807) is 12.3 Å². The first-order valence-corrected chi connectivity index (χ1v) is 8.10. The third-order valence-corrected chi connectivity index (χ3v) is 5.06. The fourth-order valence-electron chi connectivity index (χ4n) is 2.89. The van der Waals surface area contributed by atoms with Gasteiger partial charge in [-0.2, -0.15) is 0 Å². The number of hydrogen-bond acceptors (Lipinski definition) is 4. The number of amides is 1. The van der Waals surface area contributed by atoms with Gasteiger partial charge in [0, 0.05) is 11.1 Å². The van der Waals surface area contributed by atoms with Crippen molar-refractivity contribution in [2.45, 2.75) is 31.9 Å². The fraction of sp³-hybridized carbons (Fsp3) is 0.375. The lowest BCUT2D eigenvalue weighted by atomic mass is 9.96. The number of fused-ring (bicyclic) bond motifs is 1. The van der Waals surface area contributed by atoms with E-state index in [4.69, 9.17) is 0 Å². The largest absolute Gasteiger partial charge is 0.383 e. The van der Waals surface area contributed by atoms with Crippen molar-refractivity contribution in [3.63, 3.8) is 0 Å². The zero-order chi connectivity index (χ0) is 15.7. The van der Waals surface area contributed by atoms with E-state index in [0.717, 1.165) is 34.6 Å². The number of benzene rings is 1. The van der Waals surface area contributed by atoms with Crippen LogP contribution in [0.15, 0.2) is 34.4 Å². The van der Waals surface area contributed by atoms with Crippen LogP contribution in [0, 0.1) is 6.92 Å². The van der Waals surface area contributed by atoms with Crippen LogP contribution in [-0.4, -0.2) is 22.1 Å². The third kappa shape index (κ3) is 2.71. The standard InChI is InChI=1S/C16H18N2O3S/c1-11-9-22-15(20)18(11)8-14(19)17-10-16(21)7-6-12-4-2-3-5-13(12)16/h2-5,9,21H,6-8,10H2,1H3,(H,17,19). The summed E-state index contributed by atoms with van der Waals surface area (Å²) in [6, 6.07) is 7.76. The van der Waals surface area contributed by atoms with Gasteiger partial charge in [-0.05, 0) is 30.9 Å². The van der Waals surface area contributed by atoms with Crippen molar-refractivity contribution >= 4 is 17.2 Å². The normalized spacial score (nSPS) is 19.9. The van der Waals surface area contributed by atoms with Gasteiger partial charge in [-0.3, -0.25) is 14.2 Å². The molecule has 1 amide bonds. The number of carbonyl (C=O) groups excluding carboxylic acids is 1. The van der Waals surface area contributed by atoms with Crippen LogP contribution in [0.1, 0.15) is 23.2 Å². The van der Waals surface area contributed by atoms with Crippen LogP contribution in [0.3, 0.4) is 0 Å². The number of carbonyl (C=O) groups is 1. The minimum absolute atomic E-state index is 0.00804. The van der Waals surface area contributed by atoms with Gasteiger partial charge in [0.2, 0.25) is 5.91 Å². The Morgan fingerprint density at radius 1 is 1.45 bits per heavy atom. The third-order valence-electron chi connectivity index (χ3n) is 4.18. The number of nitrogens with one attached hydrogen (secondary N) is 1. The predicted molar refractivity (Wildman–Crippen MR) is 85.0 cm³/mol. The summed E-state index contributed by atoms with van der Waals surface area (Å²) in [5.41, 5.74) is 1.78. The lowest BCUT2D eigenvalue weighted by Gasteiger charge is -2.24. The molecule has 1 unspecified atom stereocenters. The Morgan fingerprint density at radius 3 is 2.95 bits per heavy atom. The molecule has 0 fully saturated rings. The molecule has 2 aromatic rings. The monoisotopic (exact) mass is 318 g/mol. The van der Waals surface area contributed by atoms with Crippen molar-refractivity contribution in [3.8, 4) is 0 Å². The van der Waals surface area contributed by atoms with Gasteiger partial charge in [-0.25, -0.2) is 0 Å². The first-order valence-electron chi connectivity index (χ1n) is 7.22. The number of aliphatic hydroxyl groups is 1. The van der Waals surface area contributed by atoms with Crippen molar-refractivity contribution in [1.29, 1.82) is 0 Å². The summed E-state index contributed by atoms with van der Waals surface area (Å²) in [6.07, 6.45) is 1.41. The summed E-state index contributed by atoms with van der Waals surface area (Å²) in [4.78, 5) is 23.5. The van der Waals surface area contributed by atoms with Gasteiger partial charge in [0.25, 0.3) is 0 Å². The molecule has 1 atom stereocenters. The molecular weight excluding hydrogens is 300 g/mol. The second kappa shape index (κ2) is 5.70. The lowest BCUT2D eigenvalue weighted by Crippen LogP contribution is -2.41. The molecule has 1 aliphatic rings. The molecule has 6 heteroatoms.